The van der Waals surface area contributed by atoms with E-state index in [9.17, 15) is 4.79 Å². The predicted molar refractivity (Wildman–Crippen MR) is 157 cm³/mol. The highest BCUT2D eigenvalue weighted by Crippen LogP contribution is 2.27. The van der Waals surface area contributed by atoms with Crippen molar-refractivity contribution in [2.45, 2.75) is 45.3 Å². The van der Waals surface area contributed by atoms with Crippen molar-refractivity contribution in [1.29, 1.82) is 0 Å². The van der Waals surface area contributed by atoms with Crippen LogP contribution >= 0.6 is 34.7 Å². The minimum absolute atomic E-state index is 0.141. The highest BCUT2D eigenvalue weighted by molar-refractivity contribution is 7.99. The van der Waals surface area contributed by atoms with Crippen LogP contribution in [0.3, 0.4) is 0 Å². The molecule has 7 nitrogen and oxygen atoms in total. The van der Waals surface area contributed by atoms with Gasteiger partial charge in [0.05, 0.1) is 18.1 Å². The second-order valence-corrected chi connectivity index (χ2v) is 11.1. The number of thiazole rings is 1. The fourth-order valence-corrected chi connectivity index (χ4v) is 5.49. The number of aryl methyl sites for hydroxylation is 4. The normalized spacial score (nSPS) is 10.9. The minimum Gasteiger partial charge on any atom is -0.493 e. The summed E-state index contributed by atoms with van der Waals surface area (Å²) in [5, 5.41) is 15.5. The van der Waals surface area contributed by atoms with E-state index in [0.717, 1.165) is 34.8 Å². The quantitative estimate of drug-likeness (QED) is 0.114. The molecule has 10 heteroatoms. The lowest BCUT2D eigenvalue weighted by Crippen LogP contribution is -2.14. The number of anilines is 1. The van der Waals surface area contributed by atoms with Gasteiger partial charge >= 0.3 is 0 Å². The van der Waals surface area contributed by atoms with E-state index in [0.29, 0.717) is 34.9 Å². The third kappa shape index (κ3) is 7.24. The molecule has 2 aromatic heterocycles. The number of amides is 1. The summed E-state index contributed by atoms with van der Waals surface area (Å²) >= 11 is 8.77. The van der Waals surface area contributed by atoms with Crippen LogP contribution in [0.2, 0.25) is 5.02 Å². The molecule has 0 aliphatic rings. The number of aromatic nitrogens is 4. The van der Waals surface area contributed by atoms with Gasteiger partial charge in [0, 0.05) is 28.9 Å². The maximum Gasteiger partial charge on any atom is 0.236 e. The number of carbonyl (C=O) groups excluding carboxylic acids is 1. The largest absolute Gasteiger partial charge is 0.493 e. The molecule has 0 saturated carbocycles. The zero-order chi connectivity index (χ0) is 27.1. The summed E-state index contributed by atoms with van der Waals surface area (Å²) in [6, 6.07) is 11.8. The van der Waals surface area contributed by atoms with E-state index in [1.807, 2.05) is 41.1 Å². The van der Waals surface area contributed by atoms with E-state index < -0.39 is 0 Å². The SMILES string of the molecule is C=CCn1c(CCCOc2ccc(Cl)cc2C)nnc1SCC(=O)Nc1nc(-c2ccc(C)c(C)c2)cs1. The van der Waals surface area contributed by atoms with Crippen LogP contribution in [0.4, 0.5) is 5.13 Å². The van der Waals surface area contributed by atoms with E-state index in [2.05, 4.69) is 53.1 Å². The van der Waals surface area contributed by atoms with Crippen LogP contribution in [0.1, 0.15) is 28.9 Å². The fraction of sp³-hybridized carbons (Fsp3) is 0.286. The number of rotatable bonds is 12. The van der Waals surface area contributed by atoms with Gasteiger partial charge < -0.3 is 14.6 Å². The average molecular weight is 568 g/mol. The Hall–Kier alpha value is -3.14. The summed E-state index contributed by atoms with van der Waals surface area (Å²) in [7, 11) is 0. The molecule has 0 spiro atoms. The molecule has 0 fully saturated rings. The number of ether oxygens (including phenoxy) is 1. The average Bonchev–Trinajstić information content (AvgIpc) is 3.50. The Labute approximate surface area is 236 Å². The Morgan fingerprint density at radius 2 is 2.00 bits per heavy atom. The van der Waals surface area contributed by atoms with Crippen molar-refractivity contribution in [2.24, 2.45) is 0 Å². The lowest BCUT2D eigenvalue weighted by Gasteiger charge is -2.10. The number of hydrogen-bond donors (Lipinski definition) is 1. The van der Waals surface area contributed by atoms with Gasteiger partial charge in [-0.1, -0.05) is 41.6 Å². The number of hydrogen-bond acceptors (Lipinski definition) is 7. The van der Waals surface area contributed by atoms with Gasteiger partial charge in [-0.2, -0.15) is 0 Å². The fourth-order valence-electron chi connectivity index (χ4n) is 3.76. The van der Waals surface area contributed by atoms with Crippen molar-refractivity contribution in [1.82, 2.24) is 19.7 Å². The molecular formula is C28H30ClN5O2S2. The molecule has 1 N–H and O–H groups in total. The number of nitrogens with zero attached hydrogens (tertiary/aromatic N) is 4. The van der Waals surface area contributed by atoms with Gasteiger partial charge in [0.2, 0.25) is 5.91 Å². The molecule has 0 aliphatic carbocycles. The topological polar surface area (TPSA) is 81.9 Å². The Kier molecular flexibility index (Phi) is 9.60. The Morgan fingerprint density at radius 3 is 2.76 bits per heavy atom. The number of thioether (sulfide) groups is 1. The molecule has 0 saturated heterocycles. The first kappa shape index (κ1) is 27.9. The molecule has 0 unspecified atom stereocenters. The molecule has 4 aromatic rings. The van der Waals surface area contributed by atoms with Crippen molar-refractivity contribution >= 4 is 45.7 Å². The predicted octanol–water partition coefficient (Wildman–Crippen LogP) is 6.91. The maximum absolute atomic E-state index is 12.6. The van der Waals surface area contributed by atoms with Crippen LogP contribution in [0.5, 0.6) is 5.75 Å². The summed E-state index contributed by atoms with van der Waals surface area (Å²) < 4.78 is 7.88. The lowest BCUT2D eigenvalue weighted by molar-refractivity contribution is -0.113. The first-order chi connectivity index (χ1) is 18.3. The highest BCUT2D eigenvalue weighted by atomic mass is 35.5. The van der Waals surface area contributed by atoms with Crippen LogP contribution in [-0.4, -0.2) is 38.0 Å². The van der Waals surface area contributed by atoms with E-state index in [-0.39, 0.29) is 11.7 Å². The molecule has 0 atom stereocenters. The Balaban J connectivity index is 1.29. The molecule has 2 heterocycles. The summed E-state index contributed by atoms with van der Waals surface area (Å²) in [5.41, 5.74) is 5.35. The summed E-state index contributed by atoms with van der Waals surface area (Å²) in [5.74, 6) is 1.72. The number of benzene rings is 2. The third-order valence-electron chi connectivity index (χ3n) is 5.93. The van der Waals surface area contributed by atoms with E-state index in [1.54, 1.807) is 6.08 Å². The van der Waals surface area contributed by atoms with Crippen molar-refractivity contribution in [3.63, 3.8) is 0 Å². The summed E-state index contributed by atoms with van der Waals surface area (Å²) in [4.78, 5) is 17.2. The molecule has 0 radical (unpaired) electrons. The van der Waals surface area contributed by atoms with Crippen molar-refractivity contribution < 1.29 is 9.53 Å². The summed E-state index contributed by atoms with van der Waals surface area (Å²) in [6.45, 7) is 11.1. The highest BCUT2D eigenvalue weighted by Gasteiger charge is 2.15. The first-order valence-corrected chi connectivity index (χ1v) is 14.5. The van der Waals surface area contributed by atoms with Crippen molar-refractivity contribution in [3.05, 3.63) is 82.0 Å². The summed E-state index contributed by atoms with van der Waals surface area (Å²) in [6.07, 6.45) is 3.27. The number of halogens is 1. The molecule has 38 heavy (non-hydrogen) atoms. The van der Waals surface area contributed by atoms with Gasteiger partial charge in [0.15, 0.2) is 10.3 Å². The standard InChI is InChI=1S/C28H30ClN5O2S2/c1-5-12-34-25(7-6-13-36-24-11-10-22(29)15-20(24)4)32-33-28(34)38-17-26(35)31-27-30-23(16-37-27)21-9-8-18(2)19(3)14-21/h5,8-11,14-16H,1,6-7,12-13,17H2,2-4H3,(H,30,31,35). The third-order valence-corrected chi connectivity index (χ3v) is 7.89. The smallest absolute Gasteiger partial charge is 0.236 e. The van der Waals surface area contributed by atoms with Crippen LogP contribution < -0.4 is 10.1 Å². The molecule has 0 aliphatic heterocycles. The van der Waals surface area contributed by atoms with Gasteiger partial charge in [-0.3, -0.25) is 4.79 Å². The van der Waals surface area contributed by atoms with Crippen molar-refractivity contribution in [3.8, 4) is 17.0 Å². The molecule has 2 aromatic carbocycles. The minimum atomic E-state index is -0.141. The zero-order valence-corrected chi connectivity index (χ0v) is 24.1. The van der Waals surface area contributed by atoms with Crippen LogP contribution in [0.15, 0.2) is 59.6 Å². The van der Waals surface area contributed by atoms with E-state index in [4.69, 9.17) is 16.3 Å². The van der Waals surface area contributed by atoms with Crippen LogP contribution in [0.25, 0.3) is 11.3 Å². The van der Waals surface area contributed by atoms with Gasteiger partial charge in [-0.15, -0.1) is 28.1 Å². The van der Waals surface area contributed by atoms with Crippen molar-refractivity contribution in [2.75, 3.05) is 17.7 Å². The van der Waals surface area contributed by atoms with E-state index in [1.165, 1.54) is 34.2 Å². The monoisotopic (exact) mass is 567 g/mol. The van der Waals surface area contributed by atoms with Gasteiger partial charge in [-0.05, 0) is 68.1 Å². The first-order valence-electron chi connectivity index (χ1n) is 12.2. The molecule has 198 valence electrons. The Morgan fingerprint density at radius 1 is 1.16 bits per heavy atom. The number of allylic oxidation sites excluding steroid dienone is 1. The van der Waals surface area contributed by atoms with Crippen LogP contribution in [-0.2, 0) is 17.8 Å². The van der Waals surface area contributed by atoms with Crippen LogP contribution in [0, 0.1) is 20.8 Å². The van der Waals surface area contributed by atoms with Gasteiger partial charge in [0.25, 0.3) is 0 Å². The lowest BCUT2D eigenvalue weighted by atomic mass is 10.1. The number of carbonyl (C=O) groups is 1. The molecule has 0 bridgehead atoms. The zero-order valence-electron chi connectivity index (χ0n) is 21.7. The Bertz CT molecular complexity index is 1430. The second-order valence-electron chi connectivity index (χ2n) is 8.83. The van der Waals surface area contributed by atoms with Gasteiger partial charge in [0.1, 0.15) is 11.6 Å². The maximum atomic E-state index is 12.6. The van der Waals surface area contributed by atoms with E-state index >= 15 is 0 Å². The molecular weight excluding hydrogens is 538 g/mol. The molecule has 4 rings (SSSR count). The molecule has 1 amide bonds. The number of nitrogens with one attached hydrogen (secondary N) is 1. The van der Waals surface area contributed by atoms with Gasteiger partial charge in [-0.25, -0.2) is 4.98 Å². The second kappa shape index (κ2) is 13.1.